The van der Waals surface area contributed by atoms with Gasteiger partial charge in [-0.05, 0) is 38.3 Å². The largest absolute Gasteiger partial charge is 0.469 e. The summed E-state index contributed by atoms with van der Waals surface area (Å²) in [6.45, 7) is 4.34. The molecule has 25 heavy (non-hydrogen) atoms. The van der Waals surface area contributed by atoms with Crippen molar-refractivity contribution < 1.29 is 18.3 Å². The van der Waals surface area contributed by atoms with Crippen LogP contribution in [0.3, 0.4) is 0 Å². The highest BCUT2D eigenvalue weighted by atomic mass is 19.1. The zero-order chi connectivity index (χ0) is 18.2. The Hall–Kier alpha value is -2.18. The summed E-state index contributed by atoms with van der Waals surface area (Å²) >= 11 is 0. The molecule has 1 heterocycles. The van der Waals surface area contributed by atoms with Crippen LogP contribution in [0.2, 0.25) is 0 Å². The van der Waals surface area contributed by atoms with Gasteiger partial charge in [0.15, 0.2) is 5.96 Å². The number of hydrogen-bond donors (Lipinski definition) is 1. The van der Waals surface area contributed by atoms with E-state index in [1.54, 1.807) is 0 Å². The average molecular weight is 353 g/mol. The lowest BCUT2D eigenvalue weighted by molar-refractivity contribution is -0.146. The van der Waals surface area contributed by atoms with Gasteiger partial charge in [-0.3, -0.25) is 9.79 Å². The predicted octanol–water partition coefficient (Wildman–Crippen LogP) is 2.36. The summed E-state index contributed by atoms with van der Waals surface area (Å²) in [4.78, 5) is 18.2. The van der Waals surface area contributed by atoms with Crippen molar-refractivity contribution in [3.63, 3.8) is 0 Å². The summed E-state index contributed by atoms with van der Waals surface area (Å²) < 4.78 is 32.1. The molecule has 0 bridgehead atoms. The number of carbonyl (C=O) groups excluding carboxylic acids is 1. The van der Waals surface area contributed by atoms with Crippen LogP contribution in [0.5, 0.6) is 0 Å². The normalized spacial score (nSPS) is 16.0. The second kappa shape index (κ2) is 9.34. The van der Waals surface area contributed by atoms with Gasteiger partial charge in [0.25, 0.3) is 0 Å². The first-order valence-corrected chi connectivity index (χ1v) is 8.60. The van der Waals surface area contributed by atoms with Crippen molar-refractivity contribution in [2.24, 2.45) is 10.9 Å². The van der Waals surface area contributed by atoms with Gasteiger partial charge in [0.2, 0.25) is 0 Å². The summed E-state index contributed by atoms with van der Waals surface area (Å²) in [7, 11) is 1.40. The van der Waals surface area contributed by atoms with Crippen molar-refractivity contribution >= 4 is 11.9 Å². The molecule has 0 aromatic heterocycles. The highest BCUT2D eigenvalue weighted by Gasteiger charge is 2.26. The highest BCUT2D eigenvalue weighted by Crippen LogP contribution is 2.18. The van der Waals surface area contributed by atoms with E-state index in [1.807, 2.05) is 6.92 Å². The van der Waals surface area contributed by atoms with Gasteiger partial charge in [-0.25, -0.2) is 8.78 Å². The predicted molar refractivity (Wildman–Crippen MR) is 92.4 cm³/mol. The number of guanidine groups is 1. The van der Waals surface area contributed by atoms with Crippen LogP contribution < -0.4 is 5.32 Å². The number of piperidine rings is 1. The van der Waals surface area contributed by atoms with Gasteiger partial charge in [0, 0.05) is 31.7 Å². The fourth-order valence-electron chi connectivity index (χ4n) is 2.96. The maximum atomic E-state index is 13.7. The second-order valence-electron chi connectivity index (χ2n) is 5.97. The Morgan fingerprint density at radius 1 is 1.32 bits per heavy atom. The number of halogens is 2. The molecule has 0 saturated carbocycles. The molecule has 0 aliphatic carbocycles. The van der Waals surface area contributed by atoms with E-state index in [1.165, 1.54) is 25.3 Å². The Labute approximate surface area is 147 Å². The van der Waals surface area contributed by atoms with Gasteiger partial charge >= 0.3 is 5.97 Å². The molecule has 1 saturated heterocycles. The number of methoxy groups -OCH3 is 1. The number of hydrogen-bond acceptors (Lipinski definition) is 3. The van der Waals surface area contributed by atoms with E-state index in [0.29, 0.717) is 38.4 Å². The fraction of sp³-hybridized carbons (Fsp3) is 0.556. The summed E-state index contributed by atoms with van der Waals surface area (Å²) in [5.41, 5.74) is 0.0616. The number of ether oxygens (including phenoxy) is 1. The molecule has 1 aromatic rings. The molecular weight excluding hydrogens is 328 g/mol. The van der Waals surface area contributed by atoms with Crippen LogP contribution in [-0.4, -0.2) is 50.1 Å². The first kappa shape index (κ1) is 19.1. The minimum atomic E-state index is -0.543. The third-order valence-corrected chi connectivity index (χ3v) is 4.35. The maximum absolute atomic E-state index is 13.7. The molecule has 7 heteroatoms. The lowest BCUT2D eigenvalue weighted by Crippen LogP contribution is -2.46. The topological polar surface area (TPSA) is 53.9 Å². The molecular formula is C18H25F2N3O2. The van der Waals surface area contributed by atoms with Crippen molar-refractivity contribution in [3.8, 4) is 0 Å². The van der Waals surface area contributed by atoms with E-state index in [2.05, 4.69) is 15.2 Å². The van der Waals surface area contributed by atoms with E-state index < -0.39 is 11.6 Å². The lowest BCUT2D eigenvalue weighted by Gasteiger charge is -2.33. The van der Waals surface area contributed by atoms with Gasteiger partial charge in [-0.15, -0.1) is 0 Å². The number of aliphatic imine (C=N–C) groups is 1. The maximum Gasteiger partial charge on any atom is 0.308 e. The monoisotopic (exact) mass is 353 g/mol. The van der Waals surface area contributed by atoms with E-state index in [-0.39, 0.29) is 30.4 Å². The third-order valence-electron chi connectivity index (χ3n) is 4.35. The standard InChI is InChI=1S/C18H25F2N3O2/c1-3-21-18(23-11-8-13(9-12-23)17(24)25-2)22-10-7-14-15(19)5-4-6-16(14)20/h4-6,13H,3,7-12H2,1-2H3,(H,21,22). The fourth-order valence-corrected chi connectivity index (χ4v) is 2.96. The van der Waals surface area contributed by atoms with Crippen LogP contribution in [0.4, 0.5) is 8.78 Å². The van der Waals surface area contributed by atoms with Crippen molar-refractivity contribution in [1.82, 2.24) is 10.2 Å². The lowest BCUT2D eigenvalue weighted by atomic mass is 9.97. The van der Waals surface area contributed by atoms with E-state index in [9.17, 15) is 13.6 Å². The van der Waals surface area contributed by atoms with Crippen molar-refractivity contribution in [2.75, 3.05) is 33.3 Å². The number of esters is 1. The number of likely N-dealkylation sites (tertiary alicyclic amines) is 1. The Kier molecular flexibility index (Phi) is 7.16. The van der Waals surface area contributed by atoms with Gasteiger partial charge in [-0.1, -0.05) is 6.07 Å². The molecule has 1 aliphatic heterocycles. The van der Waals surface area contributed by atoms with Crippen LogP contribution >= 0.6 is 0 Å². The number of rotatable bonds is 5. The van der Waals surface area contributed by atoms with Crippen LogP contribution in [0.1, 0.15) is 25.3 Å². The molecule has 0 amide bonds. The quantitative estimate of drug-likeness (QED) is 0.502. The van der Waals surface area contributed by atoms with Gasteiger partial charge in [0.05, 0.1) is 13.0 Å². The molecule has 0 radical (unpaired) electrons. The second-order valence-corrected chi connectivity index (χ2v) is 5.97. The van der Waals surface area contributed by atoms with Crippen LogP contribution in [0.15, 0.2) is 23.2 Å². The number of nitrogens with one attached hydrogen (secondary N) is 1. The number of nitrogens with zero attached hydrogens (tertiary/aromatic N) is 2. The van der Waals surface area contributed by atoms with Crippen molar-refractivity contribution in [2.45, 2.75) is 26.2 Å². The van der Waals surface area contributed by atoms with E-state index in [4.69, 9.17) is 4.74 Å². The minimum absolute atomic E-state index is 0.0616. The first-order chi connectivity index (χ1) is 12.1. The molecule has 5 nitrogen and oxygen atoms in total. The Morgan fingerprint density at radius 2 is 1.96 bits per heavy atom. The summed E-state index contributed by atoms with van der Waals surface area (Å²) in [6, 6.07) is 3.86. The Morgan fingerprint density at radius 3 is 2.52 bits per heavy atom. The van der Waals surface area contributed by atoms with Crippen LogP contribution in [0, 0.1) is 17.6 Å². The van der Waals surface area contributed by atoms with Crippen molar-refractivity contribution in [3.05, 3.63) is 35.4 Å². The van der Waals surface area contributed by atoms with E-state index >= 15 is 0 Å². The molecule has 0 atom stereocenters. The summed E-state index contributed by atoms with van der Waals surface area (Å²) in [5, 5.41) is 3.20. The van der Waals surface area contributed by atoms with Crippen molar-refractivity contribution in [1.29, 1.82) is 0 Å². The molecule has 1 N–H and O–H groups in total. The summed E-state index contributed by atoms with van der Waals surface area (Å²) in [6.07, 6.45) is 1.62. The zero-order valence-electron chi connectivity index (χ0n) is 14.7. The molecule has 0 unspecified atom stereocenters. The molecule has 1 fully saturated rings. The molecule has 2 rings (SSSR count). The Balaban J connectivity index is 1.96. The third kappa shape index (κ3) is 5.14. The molecule has 138 valence electrons. The Bertz CT molecular complexity index is 594. The van der Waals surface area contributed by atoms with Crippen LogP contribution in [0.25, 0.3) is 0 Å². The summed E-state index contributed by atoms with van der Waals surface area (Å²) in [5.74, 6) is -0.617. The van der Waals surface area contributed by atoms with Crippen LogP contribution in [-0.2, 0) is 16.0 Å². The van der Waals surface area contributed by atoms with Gasteiger partial charge < -0.3 is 15.0 Å². The number of benzene rings is 1. The molecule has 1 aromatic carbocycles. The highest BCUT2D eigenvalue weighted by molar-refractivity contribution is 5.80. The minimum Gasteiger partial charge on any atom is -0.469 e. The molecule has 1 aliphatic rings. The molecule has 0 spiro atoms. The zero-order valence-corrected chi connectivity index (χ0v) is 14.7. The number of carbonyl (C=O) groups is 1. The SMILES string of the molecule is CCNC(=NCCc1c(F)cccc1F)N1CCC(C(=O)OC)CC1. The average Bonchev–Trinajstić information content (AvgIpc) is 2.63. The van der Waals surface area contributed by atoms with Gasteiger partial charge in [-0.2, -0.15) is 0 Å². The smallest absolute Gasteiger partial charge is 0.308 e. The van der Waals surface area contributed by atoms with E-state index in [0.717, 1.165) is 0 Å². The first-order valence-electron chi connectivity index (χ1n) is 8.60. The van der Waals surface area contributed by atoms with Gasteiger partial charge in [0.1, 0.15) is 11.6 Å².